The number of rotatable bonds is 8. The average Bonchev–Trinajstić information content (AvgIpc) is 3.62. The third-order valence-electron chi connectivity index (χ3n) is 4.72. The summed E-state index contributed by atoms with van der Waals surface area (Å²) in [7, 11) is 0. The summed E-state index contributed by atoms with van der Waals surface area (Å²) in [4.78, 5) is 32.2. The summed E-state index contributed by atoms with van der Waals surface area (Å²) in [5.74, 6) is 0.708. The maximum Gasteiger partial charge on any atom is 0.321 e. The Bertz CT molecular complexity index is 1000. The third kappa shape index (κ3) is 5.41. The molecule has 2 N–H and O–H groups in total. The Labute approximate surface area is 174 Å². The molecular weight excluding hydrogens is 380 g/mol. The minimum atomic E-state index is -0.300. The topological polar surface area (TPSA) is 93.2 Å². The Hall–Kier alpha value is -3.74. The fourth-order valence-electron chi connectivity index (χ4n) is 2.86. The van der Waals surface area contributed by atoms with Gasteiger partial charge in [0.1, 0.15) is 5.75 Å². The van der Waals surface area contributed by atoms with Crippen LogP contribution in [0.15, 0.2) is 67.0 Å². The van der Waals surface area contributed by atoms with Crippen molar-refractivity contribution in [3.63, 3.8) is 0 Å². The minimum absolute atomic E-state index is 0.154. The second-order valence-electron chi connectivity index (χ2n) is 7.14. The molecule has 2 aromatic carbocycles. The molecule has 7 heteroatoms. The number of nitrogens with zero attached hydrogens (tertiary/aromatic N) is 2. The first-order chi connectivity index (χ1) is 14.7. The number of hydrogen-bond donors (Lipinski definition) is 2. The zero-order valence-electron chi connectivity index (χ0n) is 16.4. The molecular formula is C23H22N4O3. The van der Waals surface area contributed by atoms with Crippen molar-refractivity contribution in [3.05, 3.63) is 78.1 Å². The molecule has 3 aromatic rings. The molecule has 0 bridgehead atoms. The molecule has 0 spiro atoms. The molecule has 1 aromatic heterocycles. The fourth-order valence-corrected chi connectivity index (χ4v) is 2.86. The van der Waals surface area contributed by atoms with Crippen molar-refractivity contribution in [1.82, 2.24) is 15.3 Å². The number of amides is 2. The number of carbonyl (C=O) groups is 2. The van der Waals surface area contributed by atoms with Crippen LogP contribution in [-0.2, 0) is 11.2 Å². The molecule has 7 nitrogen and oxygen atoms in total. The van der Waals surface area contributed by atoms with E-state index >= 15 is 0 Å². The summed E-state index contributed by atoms with van der Waals surface area (Å²) in [5.41, 5.74) is 2.10. The number of carbonyl (C=O) groups excluding carboxylic acids is 2. The fraction of sp³-hybridized carbons (Fsp3) is 0.217. The van der Waals surface area contributed by atoms with Crippen LogP contribution < -0.4 is 15.4 Å². The summed E-state index contributed by atoms with van der Waals surface area (Å²) < 4.78 is 5.53. The molecule has 4 rings (SSSR count). The van der Waals surface area contributed by atoms with Crippen LogP contribution in [0.2, 0.25) is 0 Å². The van der Waals surface area contributed by atoms with Gasteiger partial charge in [-0.05, 0) is 49.1 Å². The van der Waals surface area contributed by atoms with E-state index < -0.39 is 0 Å². The highest BCUT2D eigenvalue weighted by Gasteiger charge is 2.28. The normalized spacial score (nSPS) is 12.8. The van der Waals surface area contributed by atoms with Crippen molar-refractivity contribution < 1.29 is 14.3 Å². The van der Waals surface area contributed by atoms with Gasteiger partial charge < -0.3 is 15.4 Å². The SMILES string of the molecule is O=C(Nc1ccc(CCNC(=O)C2CC2)cc1)c1cnc(Oc2ccccc2)nc1. The van der Waals surface area contributed by atoms with Crippen molar-refractivity contribution in [2.45, 2.75) is 19.3 Å². The highest BCUT2D eigenvalue weighted by Crippen LogP contribution is 2.28. The lowest BCUT2D eigenvalue weighted by molar-refractivity contribution is -0.122. The summed E-state index contributed by atoms with van der Waals surface area (Å²) in [6, 6.07) is 16.9. The van der Waals surface area contributed by atoms with Gasteiger partial charge in [-0.1, -0.05) is 30.3 Å². The predicted molar refractivity (Wildman–Crippen MR) is 112 cm³/mol. The van der Waals surface area contributed by atoms with Crippen molar-refractivity contribution in [1.29, 1.82) is 0 Å². The van der Waals surface area contributed by atoms with Gasteiger partial charge in [0.25, 0.3) is 5.91 Å². The quantitative estimate of drug-likeness (QED) is 0.601. The number of benzene rings is 2. The molecule has 152 valence electrons. The number of ether oxygens (including phenoxy) is 1. The van der Waals surface area contributed by atoms with Gasteiger partial charge in [-0.3, -0.25) is 9.59 Å². The summed E-state index contributed by atoms with van der Waals surface area (Å²) in [6.07, 6.45) is 5.63. The summed E-state index contributed by atoms with van der Waals surface area (Å²) >= 11 is 0. The molecule has 0 unspecified atom stereocenters. The Morgan fingerprint density at radius 3 is 2.33 bits per heavy atom. The number of anilines is 1. The van der Waals surface area contributed by atoms with E-state index in [1.807, 2.05) is 42.5 Å². The molecule has 0 saturated heterocycles. The van der Waals surface area contributed by atoms with E-state index in [9.17, 15) is 9.59 Å². The lowest BCUT2D eigenvalue weighted by Gasteiger charge is -2.08. The maximum atomic E-state index is 12.4. The van der Waals surface area contributed by atoms with Crippen molar-refractivity contribution in [2.75, 3.05) is 11.9 Å². The van der Waals surface area contributed by atoms with Crippen LogP contribution in [0, 0.1) is 5.92 Å². The molecule has 1 saturated carbocycles. The van der Waals surface area contributed by atoms with Gasteiger partial charge in [-0.25, -0.2) is 9.97 Å². The van der Waals surface area contributed by atoms with Crippen LogP contribution in [0.5, 0.6) is 11.8 Å². The Kier molecular flexibility index (Phi) is 5.98. The van der Waals surface area contributed by atoms with E-state index in [4.69, 9.17) is 4.74 Å². The summed E-state index contributed by atoms with van der Waals surface area (Å²) in [6.45, 7) is 0.621. The van der Waals surface area contributed by atoms with Gasteiger partial charge >= 0.3 is 6.01 Å². The van der Waals surface area contributed by atoms with Crippen molar-refractivity contribution in [2.24, 2.45) is 5.92 Å². The van der Waals surface area contributed by atoms with Gasteiger partial charge in [-0.2, -0.15) is 0 Å². The van der Waals surface area contributed by atoms with Crippen LogP contribution in [0.25, 0.3) is 0 Å². The molecule has 0 aliphatic heterocycles. The van der Waals surface area contributed by atoms with E-state index in [-0.39, 0.29) is 23.7 Å². The standard InChI is InChI=1S/C23H22N4O3/c28-21(17-8-9-17)24-13-12-16-6-10-19(11-7-16)27-22(29)18-14-25-23(26-15-18)30-20-4-2-1-3-5-20/h1-7,10-11,14-15,17H,8-9,12-13H2,(H,24,28)(H,27,29). The second kappa shape index (κ2) is 9.17. The van der Waals surface area contributed by atoms with Gasteiger partial charge in [0.15, 0.2) is 0 Å². The lowest BCUT2D eigenvalue weighted by atomic mass is 10.1. The number of nitrogens with one attached hydrogen (secondary N) is 2. The minimum Gasteiger partial charge on any atom is -0.424 e. The first-order valence-corrected chi connectivity index (χ1v) is 9.90. The van der Waals surface area contributed by atoms with E-state index in [0.29, 0.717) is 23.5 Å². The van der Waals surface area contributed by atoms with E-state index in [2.05, 4.69) is 20.6 Å². The average molecular weight is 402 g/mol. The molecule has 1 aliphatic rings. The maximum absolute atomic E-state index is 12.4. The monoisotopic (exact) mass is 402 g/mol. The molecule has 1 fully saturated rings. The number of hydrogen-bond acceptors (Lipinski definition) is 5. The highest BCUT2D eigenvalue weighted by atomic mass is 16.5. The molecule has 0 atom stereocenters. The van der Waals surface area contributed by atoms with E-state index in [0.717, 1.165) is 24.8 Å². The van der Waals surface area contributed by atoms with Crippen LogP contribution >= 0.6 is 0 Å². The Balaban J connectivity index is 1.27. The first-order valence-electron chi connectivity index (χ1n) is 9.90. The van der Waals surface area contributed by atoms with Crippen LogP contribution in [0.4, 0.5) is 5.69 Å². The predicted octanol–water partition coefficient (Wildman–Crippen LogP) is 3.59. The molecule has 1 aliphatic carbocycles. The molecule has 30 heavy (non-hydrogen) atoms. The van der Waals surface area contributed by atoms with Crippen LogP contribution in [0.3, 0.4) is 0 Å². The largest absolute Gasteiger partial charge is 0.424 e. The third-order valence-corrected chi connectivity index (χ3v) is 4.72. The zero-order valence-corrected chi connectivity index (χ0v) is 16.4. The molecule has 0 radical (unpaired) electrons. The zero-order chi connectivity index (χ0) is 20.8. The van der Waals surface area contributed by atoms with Crippen molar-refractivity contribution in [3.8, 4) is 11.8 Å². The molecule has 2 amide bonds. The number of aromatic nitrogens is 2. The first kappa shape index (κ1) is 19.6. The van der Waals surface area contributed by atoms with Gasteiger partial charge in [0, 0.05) is 30.5 Å². The van der Waals surface area contributed by atoms with Gasteiger partial charge in [-0.15, -0.1) is 0 Å². The lowest BCUT2D eigenvalue weighted by Crippen LogP contribution is -2.26. The van der Waals surface area contributed by atoms with Crippen LogP contribution in [-0.4, -0.2) is 28.3 Å². The second-order valence-corrected chi connectivity index (χ2v) is 7.14. The van der Waals surface area contributed by atoms with Gasteiger partial charge in [0.05, 0.1) is 5.56 Å². The highest BCUT2D eigenvalue weighted by molar-refractivity contribution is 6.03. The smallest absolute Gasteiger partial charge is 0.321 e. The Morgan fingerprint density at radius 2 is 1.67 bits per heavy atom. The van der Waals surface area contributed by atoms with E-state index in [1.54, 1.807) is 12.1 Å². The van der Waals surface area contributed by atoms with Gasteiger partial charge in [0.2, 0.25) is 5.91 Å². The number of para-hydroxylation sites is 1. The molecule has 1 heterocycles. The van der Waals surface area contributed by atoms with Crippen LogP contribution in [0.1, 0.15) is 28.8 Å². The Morgan fingerprint density at radius 1 is 0.967 bits per heavy atom. The van der Waals surface area contributed by atoms with Crippen molar-refractivity contribution >= 4 is 17.5 Å². The van der Waals surface area contributed by atoms with E-state index in [1.165, 1.54) is 12.4 Å². The summed E-state index contributed by atoms with van der Waals surface area (Å²) in [5, 5.41) is 5.77.